The third kappa shape index (κ3) is 1.38. The molecule has 0 aliphatic heterocycles. The van der Waals surface area contributed by atoms with Gasteiger partial charge in [-0.15, -0.1) is 0 Å². The molecule has 2 aromatic heterocycles. The maximum atomic E-state index is 10.00. The largest absolute Gasteiger partial charge is 0.506 e. The number of nitrogens with zero attached hydrogens (tertiary/aromatic N) is 2. The van der Waals surface area contributed by atoms with Gasteiger partial charge in [-0.25, -0.2) is 4.98 Å². The minimum atomic E-state index is 0.261. The van der Waals surface area contributed by atoms with Crippen LogP contribution in [0.4, 0.5) is 0 Å². The summed E-state index contributed by atoms with van der Waals surface area (Å²) < 4.78 is 1.89. The topological polar surface area (TPSA) is 63.5 Å². The van der Waals surface area contributed by atoms with Gasteiger partial charge in [0, 0.05) is 18.1 Å². The van der Waals surface area contributed by atoms with Gasteiger partial charge in [0.15, 0.2) is 0 Å². The van der Waals surface area contributed by atoms with E-state index in [1.165, 1.54) is 0 Å². The highest BCUT2D eigenvalue weighted by molar-refractivity contribution is 5.90. The van der Waals surface area contributed by atoms with Crippen LogP contribution in [-0.4, -0.2) is 14.5 Å². The predicted octanol–water partition coefficient (Wildman–Crippen LogP) is 1.96. The molecule has 86 valence electrons. The number of hydrogen-bond acceptors (Lipinski definition) is 3. The number of fused-ring (bicyclic) bond motifs is 3. The maximum Gasteiger partial charge on any atom is 0.140 e. The average Bonchev–Trinajstić information content (AvgIpc) is 2.72. The van der Waals surface area contributed by atoms with E-state index in [1.54, 1.807) is 6.07 Å². The molecule has 0 saturated carbocycles. The average molecular weight is 227 g/mol. The molecular formula is C13H13N3O. The van der Waals surface area contributed by atoms with E-state index in [4.69, 9.17) is 5.73 Å². The molecule has 1 aromatic carbocycles. The van der Waals surface area contributed by atoms with Gasteiger partial charge >= 0.3 is 0 Å². The van der Waals surface area contributed by atoms with Gasteiger partial charge in [-0.05, 0) is 24.6 Å². The van der Waals surface area contributed by atoms with Gasteiger partial charge in [-0.2, -0.15) is 0 Å². The summed E-state index contributed by atoms with van der Waals surface area (Å²) in [4.78, 5) is 4.41. The summed E-state index contributed by atoms with van der Waals surface area (Å²) in [7, 11) is 0. The van der Waals surface area contributed by atoms with Crippen molar-refractivity contribution in [2.24, 2.45) is 5.73 Å². The van der Waals surface area contributed by atoms with Crippen molar-refractivity contribution in [1.29, 1.82) is 0 Å². The van der Waals surface area contributed by atoms with Crippen molar-refractivity contribution in [3.05, 3.63) is 41.7 Å². The first kappa shape index (κ1) is 10.1. The Labute approximate surface area is 98.3 Å². The normalized spacial score (nSPS) is 11.4. The van der Waals surface area contributed by atoms with Crippen LogP contribution in [-0.2, 0) is 6.54 Å². The number of aromatic hydroxyl groups is 1. The number of hydrogen-bond donors (Lipinski definition) is 2. The summed E-state index contributed by atoms with van der Waals surface area (Å²) in [6.07, 6.45) is 1.87. The fourth-order valence-corrected chi connectivity index (χ4v) is 2.20. The van der Waals surface area contributed by atoms with Gasteiger partial charge in [0.1, 0.15) is 11.4 Å². The van der Waals surface area contributed by atoms with Crippen LogP contribution < -0.4 is 5.73 Å². The monoisotopic (exact) mass is 227 g/mol. The fraction of sp³-hybridized carbons (Fsp3) is 0.154. The molecular weight excluding hydrogens is 214 g/mol. The Morgan fingerprint density at radius 1 is 1.41 bits per heavy atom. The number of nitrogens with two attached hydrogens (primary N) is 1. The number of imidazole rings is 1. The molecule has 0 bridgehead atoms. The first-order chi connectivity index (χ1) is 8.20. The molecule has 0 aliphatic rings. The molecule has 2 heterocycles. The van der Waals surface area contributed by atoms with Crippen LogP contribution in [0.3, 0.4) is 0 Å². The lowest BCUT2D eigenvalue weighted by Gasteiger charge is -2.06. The molecule has 4 nitrogen and oxygen atoms in total. The molecule has 3 N–H and O–H groups in total. The summed E-state index contributed by atoms with van der Waals surface area (Å²) in [6, 6.07) is 7.52. The summed E-state index contributed by atoms with van der Waals surface area (Å²) in [6.45, 7) is 2.41. The van der Waals surface area contributed by atoms with Gasteiger partial charge in [0.05, 0.1) is 11.2 Å². The number of phenolic OH excluding ortho intramolecular Hbond substituents is 1. The predicted molar refractivity (Wildman–Crippen MR) is 67.0 cm³/mol. The van der Waals surface area contributed by atoms with E-state index >= 15 is 0 Å². The lowest BCUT2D eigenvalue weighted by atomic mass is 10.1. The number of aromatic nitrogens is 2. The molecule has 0 saturated heterocycles. The standard InChI is InChI=1S/C13H13N3O/c1-8-5-12-15-9(6-14)7-16(12)13-10(8)3-2-4-11(13)17/h2-5,7,17H,6,14H2,1H3. The molecule has 3 aromatic rings. The molecule has 0 spiro atoms. The minimum Gasteiger partial charge on any atom is -0.506 e. The third-order valence-corrected chi connectivity index (χ3v) is 3.02. The highest BCUT2D eigenvalue weighted by atomic mass is 16.3. The Bertz CT molecular complexity index is 715. The highest BCUT2D eigenvalue weighted by Crippen LogP contribution is 2.28. The second-order valence-electron chi connectivity index (χ2n) is 4.17. The van der Waals surface area contributed by atoms with Crippen LogP contribution in [0.1, 0.15) is 11.3 Å². The highest BCUT2D eigenvalue weighted by Gasteiger charge is 2.09. The zero-order valence-corrected chi connectivity index (χ0v) is 9.51. The summed E-state index contributed by atoms with van der Waals surface area (Å²) in [5.74, 6) is 0.261. The van der Waals surface area contributed by atoms with E-state index in [0.717, 1.165) is 27.8 Å². The van der Waals surface area contributed by atoms with Crippen LogP contribution >= 0.6 is 0 Å². The van der Waals surface area contributed by atoms with E-state index in [1.807, 2.05) is 35.7 Å². The number of phenols is 1. The van der Waals surface area contributed by atoms with Crippen LogP contribution in [0.5, 0.6) is 5.75 Å². The Balaban J connectivity index is 2.56. The minimum absolute atomic E-state index is 0.261. The van der Waals surface area contributed by atoms with Crippen LogP contribution in [0, 0.1) is 6.92 Å². The van der Waals surface area contributed by atoms with E-state index < -0.39 is 0 Å². The Kier molecular flexibility index (Phi) is 2.06. The van der Waals surface area contributed by atoms with Crippen molar-refractivity contribution < 1.29 is 5.11 Å². The molecule has 17 heavy (non-hydrogen) atoms. The Morgan fingerprint density at radius 2 is 2.24 bits per heavy atom. The lowest BCUT2D eigenvalue weighted by molar-refractivity contribution is 0.480. The summed E-state index contributed by atoms with van der Waals surface area (Å²) in [5, 5.41) is 11.0. The van der Waals surface area contributed by atoms with Crippen molar-refractivity contribution in [2.75, 3.05) is 0 Å². The van der Waals surface area contributed by atoms with Crippen molar-refractivity contribution in [2.45, 2.75) is 13.5 Å². The first-order valence-electron chi connectivity index (χ1n) is 5.50. The molecule has 0 unspecified atom stereocenters. The Morgan fingerprint density at radius 3 is 3.00 bits per heavy atom. The van der Waals surface area contributed by atoms with Crippen molar-refractivity contribution in [3.63, 3.8) is 0 Å². The molecule has 0 radical (unpaired) electrons. The summed E-state index contributed by atoms with van der Waals surface area (Å²) in [5.41, 5.74) is 9.11. The molecule has 0 fully saturated rings. The maximum absolute atomic E-state index is 10.00. The summed E-state index contributed by atoms with van der Waals surface area (Å²) >= 11 is 0. The SMILES string of the molecule is Cc1cc2nc(CN)cn2c2c(O)cccc12. The second kappa shape index (κ2) is 3.46. The van der Waals surface area contributed by atoms with Gasteiger partial charge in [0.25, 0.3) is 0 Å². The van der Waals surface area contributed by atoms with Crippen molar-refractivity contribution in [3.8, 4) is 5.75 Å². The van der Waals surface area contributed by atoms with Crippen molar-refractivity contribution >= 4 is 16.6 Å². The molecule has 0 atom stereocenters. The van der Waals surface area contributed by atoms with Crippen molar-refractivity contribution in [1.82, 2.24) is 9.38 Å². The first-order valence-corrected chi connectivity index (χ1v) is 5.50. The van der Waals surface area contributed by atoms with Crippen LogP contribution in [0.15, 0.2) is 30.5 Å². The third-order valence-electron chi connectivity index (χ3n) is 3.02. The second-order valence-corrected chi connectivity index (χ2v) is 4.17. The number of rotatable bonds is 1. The van der Waals surface area contributed by atoms with Gasteiger partial charge < -0.3 is 10.8 Å². The van der Waals surface area contributed by atoms with E-state index in [9.17, 15) is 5.11 Å². The van der Waals surface area contributed by atoms with Crippen LogP contribution in [0.25, 0.3) is 16.6 Å². The smallest absolute Gasteiger partial charge is 0.140 e. The number of para-hydroxylation sites is 1. The number of aryl methyl sites for hydroxylation is 1. The molecule has 4 heteroatoms. The fourth-order valence-electron chi connectivity index (χ4n) is 2.20. The lowest BCUT2D eigenvalue weighted by Crippen LogP contribution is -1.95. The zero-order valence-electron chi connectivity index (χ0n) is 9.51. The Hall–Kier alpha value is -2.07. The number of benzene rings is 1. The zero-order chi connectivity index (χ0) is 12.0. The van der Waals surface area contributed by atoms with E-state index in [-0.39, 0.29) is 5.75 Å². The van der Waals surface area contributed by atoms with E-state index in [0.29, 0.717) is 6.54 Å². The quantitative estimate of drug-likeness (QED) is 0.668. The molecule has 3 rings (SSSR count). The van der Waals surface area contributed by atoms with Crippen LogP contribution in [0.2, 0.25) is 0 Å². The van der Waals surface area contributed by atoms with Gasteiger partial charge in [-0.3, -0.25) is 4.40 Å². The van der Waals surface area contributed by atoms with E-state index in [2.05, 4.69) is 4.98 Å². The number of pyridine rings is 1. The molecule has 0 amide bonds. The van der Waals surface area contributed by atoms with Gasteiger partial charge in [-0.1, -0.05) is 12.1 Å². The van der Waals surface area contributed by atoms with Gasteiger partial charge in [0.2, 0.25) is 0 Å². The molecule has 0 aliphatic carbocycles.